The highest BCUT2D eigenvalue weighted by molar-refractivity contribution is 6.31. The van der Waals surface area contributed by atoms with Gasteiger partial charge in [0.15, 0.2) is 10.9 Å². The molecule has 0 radical (unpaired) electrons. The van der Waals surface area contributed by atoms with Crippen LogP contribution in [0.15, 0.2) is 65.8 Å². The van der Waals surface area contributed by atoms with E-state index in [4.69, 9.17) is 27.9 Å². The van der Waals surface area contributed by atoms with Crippen LogP contribution in [-0.4, -0.2) is 42.2 Å². The third kappa shape index (κ3) is 5.32. The molecule has 0 saturated heterocycles. The summed E-state index contributed by atoms with van der Waals surface area (Å²) in [6, 6.07) is 11.8. The van der Waals surface area contributed by atoms with Crippen LogP contribution in [0.5, 0.6) is 5.75 Å². The van der Waals surface area contributed by atoms with Gasteiger partial charge in [-0.25, -0.2) is 4.68 Å². The number of fused-ring (bicyclic) bond motifs is 1. The lowest BCUT2D eigenvalue weighted by Gasteiger charge is -2.20. The summed E-state index contributed by atoms with van der Waals surface area (Å²) in [5, 5.41) is 14.0. The Kier molecular flexibility index (Phi) is 7.54. The third-order valence-corrected chi connectivity index (χ3v) is 7.05. The van der Waals surface area contributed by atoms with Crippen molar-refractivity contribution in [3.8, 4) is 22.6 Å². The lowest BCUT2D eigenvalue weighted by atomic mass is 9.99. The number of ketones is 1. The average Bonchev–Trinajstić information content (AvgIpc) is 3.55. The second-order valence-electron chi connectivity index (χ2n) is 9.09. The molecule has 0 aliphatic carbocycles. The lowest BCUT2D eigenvalue weighted by Crippen LogP contribution is -2.30. The van der Waals surface area contributed by atoms with E-state index in [2.05, 4.69) is 15.4 Å². The Labute approximate surface area is 234 Å². The first-order valence-corrected chi connectivity index (χ1v) is 13.2. The maximum atomic E-state index is 13.5. The molecule has 3 aromatic heterocycles. The zero-order chi connectivity index (χ0) is 27.7. The van der Waals surface area contributed by atoms with Crippen molar-refractivity contribution in [3.05, 3.63) is 87.1 Å². The molecule has 0 spiro atoms. The molecule has 200 valence electrons. The number of nitrogens with zero attached hydrogens (tertiary/aromatic N) is 6. The summed E-state index contributed by atoms with van der Waals surface area (Å²) in [5.74, 6) is 0.335. The number of hydrogen-bond acceptors (Lipinski definition) is 6. The summed E-state index contributed by atoms with van der Waals surface area (Å²) in [6.07, 6.45) is 5.73. The number of aromatic nitrogens is 6. The summed E-state index contributed by atoms with van der Waals surface area (Å²) in [6.45, 7) is 4.68. The molecule has 1 atom stereocenters. The fraction of sp³-hybridized carbons (Fsp3) is 0.250. The van der Waals surface area contributed by atoms with E-state index in [1.165, 1.54) is 22.4 Å². The Balaban J connectivity index is 1.51. The first-order chi connectivity index (χ1) is 18.8. The van der Waals surface area contributed by atoms with Crippen molar-refractivity contribution in [1.82, 2.24) is 29.3 Å². The van der Waals surface area contributed by atoms with Crippen LogP contribution in [0.2, 0.25) is 10.2 Å². The predicted molar refractivity (Wildman–Crippen MR) is 151 cm³/mol. The van der Waals surface area contributed by atoms with Crippen molar-refractivity contribution < 1.29 is 9.53 Å². The van der Waals surface area contributed by atoms with E-state index in [1.807, 2.05) is 42.9 Å². The monoisotopic (exact) mass is 564 g/mol. The van der Waals surface area contributed by atoms with Gasteiger partial charge in [-0.2, -0.15) is 5.10 Å². The number of pyridine rings is 1. The van der Waals surface area contributed by atoms with Crippen molar-refractivity contribution in [2.24, 2.45) is 0 Å². The van der Waals surface area contributed by atoms with Gasteiger partial charge in [0.25, 0.3) is 5.56 Å². The van der Waals surface area contributed by atoms with Gasteiger partial charge in [-0.3, -0.25) is 14.3 Å². The Hall–Kier alpha value is -3.95. The highest BCUT2D eigenvalue weighted by atomic mass is 35.5. The van der Waals surface area contributed by atoms with Crippen LogP contribution in [0.25, 0.3) is 27.7 Å². The lowest BCUT2D eigenvalue weighted by molar-refractivity contribution is -0.121. The molecule has 1 unspecified atom stereocenters. The van der Waals surface area contributed by atoms with Crippen molar-refractivity contribution in [2.75, 3.05) is 7.11 Å². The average molecular weight is 565 g/mol. The standard InChI is InChI=1S/C28H26Cl2N6O3/c1-4-23(25(37)11-17-6-8-22-18(10-17)14-34(5-2)32-22)35-15-26(39-3)21(13-28(35)38)20-12-19(29)7-9-24(20)36-16-27(30)31-33-36/h6-10,12-16,23H,4-5,11H2,1-3H3. The molecule has 0 N–H and O–H groups in total. The highest BCUT2D eigenvalue weighted by Gasteiger charge is 2.23. The molecule has 0 saturated carbocycles. The first-order valence-electron chi connectivity index (χ1n) is 12.5. The molecule has 9 nitrogen and oxygen atoms in total. The summed E-state index contributed by atoms with van der Waals surface area (Å²) >= 11 is 12.3. The van der Waals surface area contributed by atoms with E-state index < -0.39 is 6.04 Å². The van der Waals surface area contributed by atoms with E-state index in [0.717, 1.165) is 23.0 Å². The third-order valence-electron chi connectivity index (χ3n) is 6.64. The van der Waals surface area contributed by atoms with E-state index in [0.29, 0.717) is 34.0 Å². The summed E-state index contributed by atoms with van der Waals surface area (Å²) in [5.41, 5.74) is 3.12. The second kappa shape index (κ2) is 11.0. The smallest absolute Gasteiger partial charge is 0.252 e. The molecule has 0 fully saturated rings. The number of carbonyl (C=O) groups excluding carboxylic acids is 1. The van der Waals surface area contributed by atoms with E-state index in [1.54, 1.807) is 30.6 Å². The first kappa shape index (κ1) is 26.6. The van der Waals surface area contributed by atoms with Gasteiger partial charge in [0, 0.05) is 46.8 Å². The number of Topliss-reactive ketones (excluding diaryl/α,β-unsaturated/α-hetero) is 1. The van der Waals surface area contributed by atoms with Crippen LogP contribution in [0.4, 0.5) is 0 Å². The molecule has 5 aromatic rings. The van der Waals surface area contributed by atoms with Gasteiger partial charge in [-0.15, -0.1) is 5.10 Å². The van der Waals surface area contributed by atoms with Crippen molar-refractivity contribution in [2.45, 2.75) is 39.3 Å². The molecule has 3 heterocycles. The Morgan fingerprint density at radius 3 is 2.54 bits per heavy atom. The fourth-order valence-corrected chi connectivity index (χ4v) is 5.03. The molecule has 5 rings (SSSR count). The van der Waals surface area contributed by atoms with Gasteiger partial charge in [0.05, 0.1) is 36.7 Å². The van der Waals surface area contributed by atoms with Gasteiger partial charge < -0.3 is 9.30 Å². The normalized spacial score (nSPS) is 12.1. The summed E-state index contributed by atoms with van der Waals surface area (Å²) in [7, 11) is 1.51. The van der Waals surface area contributed by atoms with E-state index in [9.17, 15) is 9.59 Å². The number of benzene rings is 2. The number of ether oxygens (including phenoxy) is 1. The zero-order valence-corrected chi connectivity index (χ0v) is 23.1. The fourth-order valence-electron chi connectivity index (χ4n) is 4.73. The molecule has 0 bridgehead atoms. The maximum absolute atomic E-state index is 13.5. The minimum absolute atomic E-state index is 0.0719. The van der Waals surface area contributed by atoms with Gasteiger partial charge in [-0.1, -0.05) is 41.4 Å². The van der Waals surface area contributed by atoms with Crippen LogP contribution >= 0.6 is 23.2 Å². The van der Waals surface area contributed by atoms with Gasteiger partial charge in [0.2, 0.25) is 0 Å². The highest BCUT2D eigenvalue weighted by Crippen LogP contribution is 2.35. The summed E-state index contributed by atoms with van der Waals surface area (Å²) < 4.78 is 10.5. The Morgan fingerprint density at radius 1 is 1.03 bits per heavy atom. The zero-order valence-electron chi connectivity index (χ0n) is 21.6. The van der Waals surface area contributed by atoms with Gasteiger partial charge in [0.1, 0.15) is 5.75 Å². The number of hydrogen-bond donors (Lipinski definition) is 0. The van der Waals surface area contributed by atoms with Crippen LogP contribution in [0.1, 0.15) is 31.9 Å². The van der Waals surface area contributed by atoms with Gasteiger partial charge in [-0.05, 0) is 49.2 Å². The summed E-state index contributed by atoms with van der Waals surface area (Å²) in [4.78, 5) is 26.9. The molecule has 39 heavy (non-hydrogen) atoms. The van der Waals surface area contributed by atoms with Crippen molar-refractivity contribution >= 4 is 39.9 Å². The van der Waals surface area contributed by atoms with Crippen LogP contribution in [-0.2, 0) is 17.8 Å². The number of carbonyl (C=O) groups is 1. The Bertz CT molecular complexity index is 1740. The van der Waals surface area contributed by atoms with Gasteiger partial charge >= 0.3 is 0 Å². The van der Waals surface area contributed by atoms with Crippen LogP contribution in [0.3, 0.4) is 0 Å². The van der Waals surface area contributed by atoms with Crippen LogP contribution in [0, 0.1) is 0 Å². The number of aryl methyl sites for hydroxylation is 1. The Morgan fingerprint density at radius 2 is 1.85 bits per heavy atom. The van der Waals surface area contributed by atoms with E-state index in [-0.39, 0.29) is 22.9 Å². The predicted octanol–water partition coefficient (Wildman–Crippen LogP) is 5.54. The van der Waals surface area contributed by atoms with Crippen molar-refractivity contribution in [3.63, 3.8) is 0 Å². The molecular formula is C28H26Cl2N6O3. The second-order valence-corrected chi connectivity index (χ2v) is 9.92. The van der Waals surface area contributed by atoms with E-state index >= 15 is 0 Å². The molecule has 0 amide bonds. The topological polar surface area (TPSA) is 96.8 Å². The number of halogens is 2. The minimum atomic E-state index is -0.664. The van der Waals surface area contributed by atoms with Crippen molar-refractivity contribution in [1.29, 1.82) is 0 Å². The number of methoxy groups -OCH3 is 1. The molecule has 2 aromatic carbocycles. The minimum Gasteiger partial charge on any atom is -0.495 e. The molecule has 11 heteroatoms. The largest absolute Gasteiger partial charge is 0.495 e. The molecule has 0 aliphatic rings. The SMILES string of the molecule is CCC(C(=O)Cc1ccc2nn(CC)cc2c1)n1cc(OC)c(-c2cc(Cl)ccc2-n2cc(Cl)nn2)cc1=O. The van der Waals surface area contributed by atoms with Crippen LogP contribution < -0.4 is 10.3 Å². The molecule has 0 aliphatic heterocycles. The maximum Gasteiger partial charge on any atom is 0.252 e. The molecular weight excluding hydrogens is 539 g/mol. The number of rotatable bonds is 9. The quantitative estimate of drug-likeness (QED) is 0.233.